The van der Waals surface area contributed by atoms with Gasteiger partial charge in [0.2, 0.25) is 0 Å². The molecule has 1 saturated heterocycles. The van der Waals surface area contributed by atoms with E-state index in [1.54, 1.807) is 4.90 Å². The summed E-state index contributed by atoms with van der Waals surface area (Å²) >= 11 is 0. The fourth-order valence-electron chi connectivity index (χ4n) is 1.05. The Morgan fingerprint density at radius 2 is 2.50 bits per heavy atom. The molecule has 0 aromatic rings. The number of morpholine rings is 1. The third-order valence-electron chi connectivity index (χ3n) is 1.65. The second-order valence-electron chi connectivity index (χ2n) is 2.46. The minimum Gasteiger partial charge on any atom is -0.377 e. The van der Waals surface area contributed by atoms with Crippen LogP contribution in [0.3, 0.4) is 0 Å². The number of urea groups is 1. The lowest BCUT2D eigenvalue weighted by atomic mass is 10.3. The zero-order valence-corrected chi connectivity index (χ0v) is 6.04. The van der Waals surface area contributed by atoms with Gasteiger partial charge < -0.3 is 15.4 Å². The van der Waals surface area contributed by atoms with E-state index in [0.29, 0.717) is 19.8 Å². The van der Waals surface area contributed by atoms with Crippen LogP contribution in [-0.4, -0.2) is 36.7 Å². The second-order valence-corrected chi connectivity index (χ2v) is 2.46. The highest BCUT2D eigenvalue weighted by molar-refractivity contribution is 5.72. The quantitative estimate of drug-likeness (QED) is 0.511. The molecule has 0 spiro atoms. The van der Waals surface area contributed by atoms with Crippen molar-refractivity contribution >= 4 is 6.03 Å². The number of nitrogens with two attached hydrogens (primary N) is 1. The third kappa shape index (κ3) is 1.39. The number of ether oxygens (including phenoxy) is 1. The number of nitrogens with zero attached hydrogens (tertiary/aromatic N) is 1. The van der Waals surface area contributed by atoms with Crippen LogP contribution >= 0.6 is 0 Å². The van der Waals surface area contributed by atoms with Crippen molar-refractivity contribution in [2.24, 2.45) is 5.73 Å². The number of hydrogen-bond acceptors (Lipinski definition) is 2. The molecule has 1 heterocycles. The average molecular weight is 144 g/mol. The summed E-state index contributed by atoms with van der Waals surface area (Å²) in [7, 11) is 0. The first-order chi connectivity index (χ1) is 4.72. The lowest BCUT2D eigenvalue weighted by Gasteiger charge is -2.31. The van der Waals surface area contributed by atoms with Crippen LogP contribution in [0.5, 0.6) is 0 Å². The standard InChI is InChI=1S/C6H12N2O2/c1-5-4-10-3-2-8(5)6(7)9/h5H,2-4H2,1H3,(H2,7,9)/t5-/m1/s1. The van der Waals surface area contributed by atoms with E-state index in [0.717, 1.165) is 0 Å². The molecule has 1 fully saturated rings. The lowest BCUT2D eigenvalue weighted by molar-refractivity contribution is 0.0211. The molecule has 10 heavy (non-hydrogen) atoms. The van der Waals surface area contributed by atoms with Crippen LogP contribution in [0.4, 0.5) is 4.79 Å². The highest BCUT2D eigenvalue weighted by Crippen LogP contribution is 2.04. The molecule has 0 saturated carbocycles. The van der Waals surface area contributed by atoms with E-state index >= 15 is 0 Å². The molecule has 0 aromatic heterocycles. The predicted molar refractivity (Wildman–Crippen MR) is 36.6 cm³/mol. The van der Waals surface area contributed by atoms with Crippen LogP contribution in [0.15, 0.2) is 0 Å². The van der Waals surface area contributed by atoms with Gasteiger partial charge in [-0.15, -0.1) is 0 Å². The first-order valence-corrected chi connectivity index (χ1v) is 3.35. The van der Waals surface area contributed by atoms with Crippen LogP contribution in [0, 0.1) is 0 Å². The Kier molecular flexibility index (Phi) is 2.11. The van der Waals surface area contributed by atoms with Gasteiger partial charge in [-0.25, -0.2) is 4.79 Å². The van der Waals surface area contributed by atoms with Crippen molar-refractivity contribution in [2.75, 3.05) is 19.8 Å². The molecule has 4 heteroatoms. The van der Waals surface area contributed by atoms with E-state index < -0.39 is 0 Å². The molecule has 0 aromatic carbocycles. The van der Waals surface area contributed by atoms with Crippen LogP contribution in [0.25, 0.3) is 0 Å². The molecule has 0 aliphatic carbocycles. The predicted octanol–water partition coefficient (Wildman–Crippen LogP) is -0.214. The van der Waals surface area contributed by atoms with Crippen LogP contribution in [-0.2, 0) is 4.74 Å². The van der Waals surface area contributed by atoms with E-state index in [2.05, 4.69) is 0 Å². The first-order valence-electron chi connectivity index (χ1n) is 3.35. The molecule has 4 nitrogen and oxygen atoms in total. The van der Waals surface area contributed by atoms with E-state index in [-0.39, 0.29) is 12.1 Å². The number of primary amides is 1. The van der Waals surface area contributed by atoms with Gasteiger partial charge in [0.25, 0.3) is 0 Å². The Morgan fingerprint density at radius 3 is 2.90 bits per heavy atom. The zero-order chi connectivity index (χ0) is 7.56. The fraction of sp³-hybridized carbons (Fsp3) is 0.833. The minimum absolute atomic E-state index is 0.131. The van der Waals surface area contributed by atoms with Gasteiger partial charge in [0.15, 0.2) is 0 Å². The average Bonchev–Trinajstić information content (AvgIpc) is 1.88. The number of carbonyl (C=O) groups excluding carboxylic acids is 1. The highest BCUT2D eigenvalue weighted by Gasteiger charge is 2.20. The largest absolute Gasteiger partial charge is 0.377 e. The van der Waals surface area contributed by atoms with Crippen molar-refractivity contribution in [2.45, 2.75) is 13.0 Å². The van der Waals surface area contributed by atoms with Gasteiger partial charge in [0.05, 0.1) is 19.3 Å². The maximum Gasteiger partial charge on any atom is 0.315 e. The normalized spacial score (nSPS) is 26.5. The first kappa shape index (κ1) is 7.34. The molecule has 58 valence electrons. The van der Waals surface area contributed by atoms with E-state index in [1.807, 2.05) is 6.92 Å². The van der Waals surface area contributed by atoms with Gasteiger partial charge >= 0.3 is 6.03 Å². The van der Waals surface area contributed by atoms with Crippen molar-refractivity contribution in [1.82, 2.24) is 4.90 Å². The van der Waals surface area contributed by atoms with Gasteiger partial charge in [0, 0.05) is 6.54 Å². The maximum absolute atomic E-state index is 10.7. The van der Waals surface area contributed by atoms with Crippen LogP contribution < -0.4 is 5.73 Å². The zero-order valence-electron chi connectivity index (χ0n) is 6.04. The monoisotopic (exact) mass is 144 g/mol. The Balaban J connectivity index is 2.47. The Labute approximate surface area is 59.9 Å². The maximum atomic E-state index is 10.7. The molecule has 2 amide bonds. The Hall–Kier alpha value is -0.770. The smallest absolute Gasteiger partial charge is 0.315 e. The van der Waals surface area contributed by atoms with Gasteiger partial charge in [0.1, 0.15) is 0 Å². The summed E-state index contributed by atoms with van der Waals surface area (Å²) in [6.07, 6.45) is 0. The molecule has 1 aliphatic rings. The molecule has 0 radical (unpaired) electrons. The van der Waals surface area contributed by atoms with Gasteiger partial charge in [-0.3, -0.25) is 0 Å². The van der Waals surface area contributed by atoms with Gasteiger partial charge in [-0.05, 0) is 6.92 Å². The van der Waals surface area contributed by atoms with E-state index in [1.165, 1.54) is 0 Å². The Morgan fingerprint density at radius 1 is 1.80 bits per heavy atom. The van der Waals surface area contributed by atoms with Crippen LogP contribution in [0.1, 0.15) is 6.92 Å². The number of hydrogen-bond donors (Lipinski definition) is 1. The minimum atomic E-state index is -0.351. The van der Waals surface area contributed by atoms with Crippen molar-refractivity contribution < 1.29 is 9.53 Å². The Bertz CT molecular complexity index is 138. The summed E-state index contributed by atoms with van der Waals surface area (Å²) in [6.45, 7) is 3.75. The van der Waals surface area contributed by atoms with Gasteiger partial charge in [-0.2, -0.15) is 0 Å². The molecular weight excluding hydrogens is 132 g/mol. The molecular formula is C6H12N2O2. The van der Waals surface area contributed by atoms with Crippen molar-refractivity contribution in [1.29, 1.82) is 0 Å². The van der Waals surface area contributed by atoms with Crippen LogP contribution in [0.2, 0.25) is 0 Å². The molecule has 0 bridgehead atoms. The topological polar surface area (TPSA) is 55.6 Å². The van der Waals surface area contributed by atoms with E-state index in [4.69, 9.17) is 10.5 Å². The van der Waals surface area contributed by atoms with Gasteiger partial charge in [-0.1, -0.05) is 0 Å². The number of rotatable bonds is 0. The molecule has 0 unspecified atom stereocenters. The second kappa shape index (κ2) is 2.88. The number of carbonyl (C=O) groups is 1. The third-order valence-corrected chi connectivity index (χ3v) is 1.65. The molecule has 1 rings (SSSR count). The molecule has 1 aliphatic heterocycles. The fourth-order valence-corrected chi connectivity index (χ4v) is 1.05. The summed E-state index contributed by atoms with van der Waals surface area (Å²) in [5.41, 5.74) is 5.09. The summed E-state index contributed by atoms with van der Waals surface area (Å²) in [4.78, 5) is 12.3. The summed E-state index contributed by atoms with van der Waals surface area (Å²) in [5, 5.41) is 0. The van der Waals surface area contributed by atoms with Crippen molar-refractivity contribution in [3.8, 4) is 0 Å². The summed E-state index contributed by atoms with van der Waals surface area (Å²) in [6, 6.07) is -0.220. The summed E-state index contributed by atoms with van der Waals surface area (Å²) in [5.74, 6) is 0. The molecule has 2 N–H and O–H groups in total. The highest BCUT2D eigenvalue weighted by atomic mass is 16.5. The van der Waals surface area contributed by atoms with Crippen molar-refractivity contribution in [3.05, 3.63) is 0 Å². The van der Waals surface area contributed by atoms with E-state index in [9.17, 15) is 4.79 Å². The SMILES string of the molecule is C[C@@H]1COCCN1C(N)=O. The molecule has 1 atom stereocenters. The lowest BCUT2D eigenvalue weighted by Crippen LogP contribution is -2.49. The number of amides is 2. The van der Waals surface area contributed by atoms with Crippen molar-refractivity contribution in [3.63, 3.8) is 0 Å². The summed E-state index contributed by atoms with van der Waals surface area (Å²) < 4.78 is 5.11.